The molecule has 11 heavy (non-hydrogen) atoms. The minimum absolute atomic E-state index is 0.109. The van der Waals surface area contributed by atoms with Gasteiger partial charge in [0.15, 0.2) is 0 Å². The number of aliphatic hydroxyl groups is 1. The van der Waals surface area contributed by atoms with E-state index < -0.39 is 0 Å². The SMILES string of the molecule is OC[C@@]1(C2CC2)COCCO1. The van der Waals surface area contributed by atoms with E-state index in [4.69, 9.17) is 14.6 Å². The molecule has 3 nitrogen and oxygen atoms in total. The molecule has 1 atom stereocenters. The largest absolute Gasteiger partial charge is 0.393 e. The molecule has 0 aromatic heterocycles. The Balaban J connectivity index is 2.01. The number of ether oxygens (including phenoxy) is 2. The van der Waals surface area contributed by atoms with Crippen LogP contribution in [0.25, 0.3) is 0 Å². The molecule has 0 unspecified atom stereocenters. The van der Waals surface area contributed by atoms with Gasteiger partial charge in [0.05, 0.1) is 26.4 Å². The van der Waals surface area contributed by atoms with E-state index in [2.05, 4.69) is 0 Å². The second-order valence-corrected chi connectivity index (χ2v) is 3.40. The molecule has 1 aliphatic carbocycles. The second-order valence-electron chi connectivity index (χ2n) is 3.40. The van der Waals surface area contributed by atoms with Gasteiger partial charge in [0.25, 0.3) is 0 Å². The van der Waals surface area contributed by atoms with Crippen LogP contribution in [0.5, 0.6) is 0 Å². The summed E-state index contributed by atoms with van der Waals surface area (Å²) in [5.74, 6) is 0.549. The molecule has 2 fully saturated rings. The molecule has 0 radical (unpaired) electrons. The lowest BCUT2D eigenvalue weighted by Crippen LogP contribution is -2.48. The highest BCUT2D eigenvalue weighted by Crippen LogP contribution is 2.42. The van der Waals surface area contributed by atoms with Crippen LogP contribution < -0.4 is 0 Å². The van der Waals surface area contributed by atoms with Crippen molar-refractivity contribution in [1.29, 1.82) is 0 Å². The van der Waals surface area contributed by atoms with Crippen molar-refractivity contribution >= 4 is 0 Å². The van der Waals surface area contributed by atoms with Gasteiger partial charge in [-0.3, -0.25) is 0 Å². The standard InChI is InChI=1S/C8H14O3/c9-5-8(7-1-2-7)6-10-3-4-11-8/h7,9H,1-6H2/t8-/m0/s1. The van der Waals surface area contributed by atoms with Gasteiger partial charge in [0.1, 0.15) is 5.60 Å². The fourth-order valence-corrected chi connectivity index (χ4v) is 1.66. The summed E-state index contributed by atoms with van der Waals surface area (Å²) in [6, 6.07) is 0. The van der Waals surface area contributed by atoms with Gasteiger partial charge in [0.2, 0.25) is 0 Å². The molecule has 1 N–H and O–H groups in total. The molecule has 1 aliphatic heterocycles. The molecule has 3 heteroatoms. The molecule has 64 valence electrons. The smallest absolute Gasteiger partial charge is 0.117 e. The quantitative estimate of drug-likeness (QED) is 0.622. The third-order valence-corrected chi connectivity index (χ3v) is 2.55. The van der Waals surface area contributed by atoms with E-state index in [1.807, 2.05) is 0 Å². The molecular formula is C8H14O3. The van der Waals surface area contributed by atoms with Crippen LogP contribution in [0.4, 0.5) is 0 Å². The van der Waals surface area contributed by atoms with E-state index >= 15 is 0 Å². The molecule has 0 aromatic carbocycles. The van der Waals surface area contributed by atoms with Gasteiger partial charge in [-0.25, -0.2) is 0 Å². The van der Waals surface area contributed by atoms with Gasteiger partial charge in [-0.05, 0) is 18.8 Å². The van der Waals surface area contributed by atoms with Crippen LogP contribution in [-0.2, 0) is 9.47 Å². The van der Waals surface area contributed by atoms with Crippen molar-refractivity contribution in [3.63, 3.8) is 0 Å². The summed E-state index contributed by atoms with van der Waals surface area (Å²) in [5, 5.41) is 9.15. The molecule has 2 rings (SSSR count). The highest BCUT2D eigenvalue weighted by atomic mass is 16.6. The molecule has 0 spiro atoms. The van der Waals surface area contributed by atoms with Gasteiger partial charge in [-0.15, -0.1) is 0 Å². The van der Waals surface area contributed by atoms with Crippen LogP contribution >= 0.6 is 0 Å². The number of aliphatic hydroxyl groups excluding tert-OH is 1. The van der Waals surface area contributed by atoms with Crippen LogP contribution in [0.15, 0.2) is 0 Å². The van der Waals surface area contributed by atoms with Gasteiger partial charge in [-0.1, -0.05) is 0 Å². The first kappa shape index (κ1) is 7.53. The van der Waals surface area contributed by atoms with Gasteiger partial charge < -0.3 is 14.6 Å². The Morgan fingerprint density at radius 2 is 2.18 bits per heavy atom. The first-order valence-corrected chi connectivity index (χ1v) is 4.20. The Labute approximate surface area is 66.3 Å². The summed E-state index contributed by atoms with van der Waals surface area (Å²) < 4.78 is 10.9. The first-order valence-electron chi connectivity index (χ1n) is 4.20. The molecule has 1 saturated carbocycles. The van der Waals surface area contributed by atoms with Crippen LogP contribution in [0.2, 0.25) is 0 Å². The van der Waals surface area contributed by atoms with Gasteiger partial charge in [-0.2, -0.15) is 0 Å². The fraction of sp³-hybridized carbons (Fsp3) is 1.00. The lowest BCUT2D eigenvalue weighted by Gasteiger charge is -2.35. The molecule has 1 heterocycles. The van der Waals surface area contributed by atoms with Crippen molar-refractivity contribution in [3.8, 4) is 0 Å². The molecular weight excluding hydrogens is 144 g/mol. The van der Waals surface area contributed by atoms with E-state index in [0.29, 0.717) is 25.7 Å². The normalized spacial score (nSPS) is 39.0. The van der Waals surface area contributed by atoms with Crippen molar-refractivity contribution < 1.29 is 14.6 Å². The van der Waals surface area contributed by atoms with Crippen molar-refractivity contribution in [3.05, 3.63) is 0 Å². The Hall–Kier alpha value is -0.120. The molecule has 1 saturated heterocycles. The average molecular weight is 158 g/mol. The molecule has 0 amide bonds. The number of rotatable bonds is 2. The minimum atomic E-state index is -0.335. The third kappa shape index (κ3) is 1.28. The maximum absolute atomic E-state index is 9.15. The van der Waals surface area contributed by atoms with Crippen molar-refractivity contribution in [1.82, 2.24) is 0 Å². The van der Waals surface area contributed by atoms with Gasteiger partial charge in [0, 0.05) is 0 Å². The molecule has 0 aromatic rings. The zero-order chi connectivity index (χ0) is 7.73. The Morgan fingerprint density at radius 3 is 2.64 bits per heavy atom. The predicted octanol–water partition coefficient (Wildman–Crippen LogP) is 0.174. The maximum atomic E-state index is 9.15. The first-order chi connectivity index (χ1) is 5.37. The second kappa shape index (κ2) is 2.73. The summed E-state index contributed by atoms with van der Waals surface area (Å²) in [7, 11) is 0. The Morgan fingerprint density at radius 1 is 1.36 bits per heavy atom. The molecule has 2 aliphatic rings. The lowest BCUT2D eigenvalue weighted by atomic mass is 9.99. The van der Waals surface area contributed by atoms with E-state index in [1.165, 1.54) is 12.8 Å². The van der Waals surface area contributed by atoms with Crippen molar-refractivity contribution in [2.45, 2.75) is 18.4 Å². The van der Waals surface area contributed by atoms with E-state index in [-0.39, 0.29) is 12.2 Å². The van der Waals surface area contributed by atoms with E-state index in [1.54, 1.807) is 0 Å². The zero-order valence-electron chi connectivity index (χ0n) is 6.58. The van der Waals surface area contributed by atoms with Crippen molar-refractivity contribution in [2.75, 3.05) is 26.4 Å². The van der Waals surface area contributed by atoms with E-state index in [0.717, 1.165) is 0 Å². The monoisotopic (exact) mass is 158 g/mol. The van der Waals surface area contributed by atoms with Crippen LogP contribution in [0.3, 0.4) is 0 Å². The highest BCUT2D eigenvalue weighted by molar-refractivity contribution is 4.97. The highest BCUT2D eigenvalue weighted by Gasteiger charge is 2.47. The predicted molar refractivity (Wildman–Crippen MR) is 39.3 cm³/mol. The number of hydrogen-bond acceptors (Lipinski definition) is 3. The summed E-state index contributed by atoms with van der Waals surface area (Å²) in [4.78, 5) is 0. The lowest BCUT2D eigenvalue weighted by molar-refractivity contribution is -0.185. The summed E-state index contributed by atoms with van der Waals surface area (Å²) in [5.41, 5.74) is -0.335. The minimum Gasteiger partial charge on any atom is -0.393 e. The maximum Gasteiger partial charge on any atom is 0.117 e. The summed E-state index contributed by atoms with van der Waals surface area (Å²) >= 11 is 0. The zero-order valence-corrected chi connectivity index (χ0v) is 6.58. The average Bonchev–Trinajstić information content (AvgIpc) is 2.88. The Bertz CT molecular complexity index is 136. The summed E-state index contributed by atoms with van der Waals surface area (Å²) in [6.07, 6.45) is 2.37. The van der Waals surface area contributed by atoms with Crippen LogP contribution in [0.1, 0.15) is 12.8 Å². The summed E-state index contributed by atoms with van der Waals surface area (Å²) in [6.45, 7) is 2.00. The van der Waals surface area contributed by atoms with Crippen molar-refractivity contribution in [2.24, 2.45) is 5.92 Å². The Kier molecular flexibility index (Phi) is 1.87. The number of hydrogen-bond donors (Lipinski definition) is 1. The fourth-order valence-electron chi connectivity index (χ4n) is 1.66. The molecule has 0 bridgehead atoms. The van der Waals surface area contributed by atoms with Crippen LogP contribution in [0, 0.1) is 5.92 Å². The van der Waals surface area contributed by atoms with Gasteiger partial charge >= 0.3 is 0 Å². The third-order valence-electron chi connectivity index (χ3n) is 2.55. The van der Waals surface area contributed by atoms with E-state index in [9.17, 15) is 0 Å². The topological polar surface area (TPSA) is 38.7 Å². The van der Waals surface area contributed by atoms with Crippen LogP contribution in [-0.4, -0.2) is 37.1 Å².